The molecule has 0 spiro atoms. The van der Waals surface area contributed by atoms with Crippen molar-refractivity contribution in [2.45, 2.75) is 123 Å². The molecule has 0 saturated carbocycles. The van der Waals surface area contributed by atoms with E-state index in [0.29, 0.717) is 0 Å². The Kier molecular flexibility index (Phi) is 27.3. The van der Waals surface area contributed by atoms with Gasteiger partial charge in [0, 0.05) is 16.4 Å². The fourth-order valence-corrected chi connectivity index (χ4v) is 9.10. The van der Waals surface area contributed by atoms with Crippen molar-refractivity contribution in [2.75, 3.05) is 15.2 Å². The average molecular weight is 1170 g/mol. The van der Waals surface area contributed by atoms with Crippen molar-refractivity contribution in [3.63, 3.8) is 0 Å². The first-order valence-electron chi connectivity index (χ1n) is 21.8. The van der Waals surface area contributed by atoms with Gasteiger partial charge in [0.1, 0.15) is 17.5 Å². The maximum Gasteiger partial charge on any atom is 0.337 e. The number of halogens is 4. The van der Waals surface area contributed by atoms with Crippen molar-refractivity contribution in [1.29, 1.82) is 0 Å². The topological polar surface area (TPSA) is 282 Å². The average Bonchev–Trinajstić information content (AvgIpc) is 3.28. The number of sulfonamides is 2. The normalized spacial score (nSPS) is 11.2. The molecular formula is C55H73ClF3N5O11S3. The van der Waals surface area contributed by atoms with Crippen LogP contribution in [0.15, 0.2) is 142 Å². The van der Waals surface area contributed by atoms with E-state index in [1.807, 2.05) is 47.0 Å². The molecule has 0 aromatic heterocycles. The number of hydrogen-bond donors (Lipinski definition) is 7. The predicted octanol–water partition coefficient (Wildman–Crippen LogP) is 12.7. The van der Waals surface area contributed by atoms with Gasteiger partial charge >= 0.3 is 11.9 Å². The summed E-state index contributed by atoms with van der Waals surface area (Å²) in [5.74, 6) is -0.120. The van der Waals surface area contributed by atoms with Crippen LogP contribution < -0.4 is 26.4 Å². The van der Waals surface area contributed by atoms with Crippen LogP contribution in [0.3, 0.4) is 0 Å². The summed E-state index contributed by atoms with van der Waals surface area (Å²) >= 11 is 0. The first-order chi connectivity index (χ1) is 33.9. The van der Waals surface area contributed by atoms with Gasteiger partial charge in [0.15, 0.2) is 0 Å². The maximum atomic E-state index is 13.5. The van der Waals surface area contributed by atoms with E-state index in [0.717, 1.165) is 71.3 Å². The number of rotatable bonds is 10. The lowest BCUT2D eigenvalue weighted by Crippen LogP contribution is -2.31. The largest absolute Gasteiger partial charge is 0.478 e. The van der Waals surface area contributed by atoms with Crippen molar-refractivity contribution in [1.82, 2.24) is 5.43 Å². The highest BCUT2D eigenvalue weighted by molar-refractivity contribution is 8.13. The third-order valence-corrected chi connectivity index (χ3v) is 14.5. The van der Waals surface area contributed by atoms with Crippen LogP contribution in [0.1, 0.15) is 140 Å². The van der Waals surface area contributed by atoms with E-state index >= 15 is 0 Å². The SMILES string of the molecule is C.C.C.C.CC(C)(C)c1ccc(S(=O)(=O)Cl)cc1.CC(C)(C)c1ccc(S(=O)(=O)Nc2cc(F)ccc2C(=O)NN)cc1.CC(C)(C)c1ccc(S(=O)(=O)Nc2cc(F)ccc2C(=O)O)cc1.Nc1cc(F)ccc1C(=O)O. The van der Waals surface area contributed by atoms with Crippen LogP contribution in [-0.2, 0) is 45.3 Å². The smallest absolute Gasteiger partial charge is 0.337 e. The van der Waals surface area contributed by atoms with Crippen LogP contribution in [0.5, 0.6) is 0 Å². The number of carboxylic acid groups (broad SMARTS) is 2. The van der Waals surface area contributed by atoms with Crippen LogP contribution in [-0.4, -0.2) is 53.3 Å². The van der Waals surface area contributed by atoms with Crippen LogP contribution >= 0.6 is 10.7 Å². The number of hydrogen-bond acceptors (Lipinski definition) is 11. The van der Waals surface area contributed by atoms with E-state index in [2.05, 4.69) is 30.2 Å². The fraction of sp³-hybridized carbons (Fsp3) is 0.291. The van der Waals surface area contributed by atoms with Crippen molar-refractivity contribution >= 4 is 74.7 Å². The molecule has 9 N–H and O–H groups in total. The van der Waals surface area contributed by atoms with Gasteiger partial charge in [0.25, 0.3) is 35.0 Å². The minimum Gasteiger partial charge on any atom is -0.478 e. The lowest BCUT2D eigenvalue weighted by molar-refractivity contribution is 0.0687. The van der Waals surface area contributed by atoms with Gasteiger partial charge in [0.2, 0.25) is 0 Å². The summed E-state index contributed by atoms with van der Waals surface area (Å²) in [4.78, 5) is 33.3. The molecule has 0 saturated heterocycles. The number of amides is 1. The summed E-state index contributed by atoms with van der Waals surface area (Å²) < 4.78 is 115. The molecule has 0 aliphatic rings. The molecule has 1 amide bonds. The van der Waals surface area contributed by atoms with E-state index in [9.17, 15) is 52.8 Å². The molecule has 23 heteroatoms. The number of carbonyl (C=O) groups is 3. The number of benzene rings is 6. The number of nitrogens with two attached hydrogens (primary N) is 2. The molecular weight excluding hydrogens is 1100 g/mol. The number of hydrazine groups is 1. The molecule has 6 aromatic rings. The first-order valence-corrected chi connectivity index (χ1v) is 27.1. The number of nitrogen functional groups attached to an aromatic ring is 2. The van der Waals surface area contributed by atoms with Gasteiger partial charge in [-0.25, -0.2) is 53.9 Å². The summed E-state index contributed by atoms with van der Waals surface area (Å²) in [6, 6.07) is 28.3. The van der Waals surface area contributed by atoms with E-state index in [4.69, 9.17) is 32.5 Å². The molecule has 0 unspecified atom stereocenters. The molecule has 0 aliphatic heterocycles. The lowest BCUT2D eigenvalue weighted by atomic mass is 9.87. The van der Waals surface area contributed by atoms with Crippen molar-refractivity contribution in [3.05, 3.63) is 178 Å². The zero-order valence-electron chi connectivity index (χ0n) is 41.6. The monoisotopic (exact) mass is 1170 g/mol. The Morgan fingerprint density at radius 3 is 1.03 bits per heavy atom. The van der Waals surface area contributed by atoms with E-state index < -0.39 is 64.4 Å². The summed E-state index contributed by atoms with van der Waals surface area (Å²) in [5, 5.41) is 17.5. The number of carbonyl (C=O) groups excluding carboxylic acids is 1. The van der Waals surface area contributed by atoms with Gasteiger partial charge in [-0.05, 0) is 124 Å². The van der Waals surface area contributed by atoms with Crippen molar-refractivity contribution in [3.8, 4) is 0 Å². The van der Waals surface area contributed by atoms with E-state index in [-0.39, 0.29) is 94.4 Å². The highest BCUT2D eigenvalue weighted by Gasteiger charge is 2.23. The molecule has 0 radical (unpaired) electrons. The van der Waals surface area contributed by atoms with E-state index in [1.54, 1.807) is 36.4 Å². The Balaban J connectivity index is 0. The van der Waals surface area contributed by atoms with Gasteiger partial charge < -0.3 is 15.9 Å². The van der Waals surface area contributed by atoms with Gasteiger partial charge in [0.05, 0.1) is 42.8 Å². The summed E-state index contributed by atoms with van der Waals surface area (Å²) in [5.41, 5.74) is 8.83. The number of anilines is 3. The molecule has 0 aliphatic carbocycles. The van der Waals surface area contributed by atoms with Gasteiger partial charge in [-0.15, -0.1) is 0 Å². The Morgan fingerprint density at radius 2 is 0.744 bits per heavy atom. The Morgan fingerprint density at radius 1 is 0.462 bits per heavy atom. The molecule has 6 rings (SSSR count). The van der Waals surface area contributed by atoms with Crippen LogP contribution in [0.25, 0.3) is 0 Å². The number of nitrogens with one attached hydrogen (secondary N) is 3. The molecule has 0 atom stereocenters. The third kappa shape index (κ3) is 21.4. The first kappa shape index (κ1) is 73.1. The standard InChI is InChI=1S/C17H20FN3O3S.C17H18FNO4S.C10H13ClO2S.C7H6FNO2.4CH4/c1-17(2,3)11-4-7-13(8-5-11)25(23,24)21-15-10-12(18)6-9-14(15)16(22)20-19;1-17(2,3)11-4-7-13(8-5-11)24(22,23)19-15-10-12(18)6-9-14(15)16(20)21;1-10(2,3)8-4-6-9(7-5-8)14(11,12)13;8-4-1-2-5(7(10)11)6(9)3-4;;;;/h4-10,21H,19H2,1-3H3,(H,20,22);4-10,19H,1-3H3,(H,20,21);4-7H,1-3H3;1-3H,9H2,(H,10,11);4*1H4. The zero-order chi connectivity index (χ0) is 56.4. The van der Waals surface area contributed by atoms with Crippen LogP contribution in [0.4, 0.5) is 30.2 Å². The summed E-state index contributed by atoms with van der Waals surface area (Å²) in [7, 11) is -6.42. The molecule has 430 valence electrons. The minimum atomic E-state index is -4.03. The molecule has 0 heterocycles. The number of aromatic carboxylic acids is 2. The Bertz CT molecular complexity index is 3330. The Labute approximate surface area is 463 Å². The molecule has 16 nitrogen and oxygen atoms in total. The van der Waals surface area contributed by atoms with Gasteiger partial charge in [-0.2, -0.15) is 0 Å². The summed E-state index contributed by atoms with van der Waals surface area (Å²) in [6.07, 6.45) is 0. The van der Waals surface area contributed by atoms with Crippen molar-refractivity contribution < 1.29 is 63.0 Å². The molecule has 0 bridgehead atoms. The third-order valence-electron chi connectivity index (χ3n) is 10.4. The second-order valence-corrected chi connectivity index (χ2v) is 25.1. The predicted molar refractivity (Wildman–Crippen MR) is 306 cm³/mol. The quantitative estimate of drug-likeness (QED) is 0.0221. The van der Waals surface area contributed by atoms with Gasteiger partial charge in [-0.3, -0.25) is 19.7 Å². The zero-order valence-corrected chi connectivity index (χ0v) is 44.8. The lowest BCUT2D eigenvalue weighted by Gasteiger charge is -2.19. The highest BCUT2D eigenvalue weighted by atomic mass is 35.7. The molecule has 0 fully saturated rings. The highest BCUT2D eigenvalue weighted by Crippen LogP contribution is 2.29. The van der Waals surface area contributed by atoms with Crippen LogP contribution in [0, 0.1) is 17.5 Å². The van der Waals surface area contributed by atoms with E-state index in [1.165, 1.54) is 36.4 Å². The number of carboxylic acids is 2. The van der Waals surface area contributed by atoms with Gasteiger partial charge in [-0.1, -0.05) is 128 Å². The second kappa shape index (κ2) is 29.1. The maximum absolute atomic E-state index is 13.5. The fourth-order valence-electron chi connectivity index (χ4n) is 6.19. The molecule has 6 aromatic carbocycles. The minimum absolute atomic E-state index is 0. The second-order valence-electron chi connectivity index (χ2n) is 19.2. The van der Waals surface area contributed by atoms with Crippen LogP contribution in [0.2, 0.25) is 0 Å². The molecule has 78 heavy (non-hydrogen) atoms. The summed E-state index contributed by atoms with van der Waals surface area (Å²) in [6.45, 7) is 18.2. The van der Waals surface area contributed by atoms with Crippen molar-refractivity contribution in [2.24, 2.45) is 5.84 Å². The Hall–Kier alpha value is -6.98.